The van der Waals surface area contributed by atoms with Crippen LogP contribution in [0.25, 0.3) is 0 Å². The molecule has 0 spiro atoms. The summed E-state index contributed by atoms with van der Waals surface area (Å²) in [5.74, 6) is 0.309. The predicted molar refractivity (Wildman–Crippen MR) is 51.6 cm³/mol. The maximum Gasteiger partial charge on any atom is 0.221 e. The fraction of sp³-hybridized carbons (Fsp3) is 0.900. The second-order valence-electron chi connectivity index (χ2n) is 4.34. The Hall–Kier alpha value is -0.530. The van der Waals surface area contributed by atoms with Crippen LogP contribution in [0.2, 0.25) is 0 Å². The van der Waals surface area contributed by atoms with Gasteiger partial charge in [0.1, 0.15) is 0 Å². The van der Waals surface area contributed by atoms with E-state index in [2.05, 4.69) is 27.7 Å². The summed E-state index contributed by atoms with van der Waals surface area (Å²) in [6.07, 6.45) is 0.834. The third-order valence-corrected chi connectivity index (χ3v) is 3.14. The van der Waals surface area contributed by atoms with Crippen molar-refractivity contribution in [1.82, 2.24) is 0 Å². The third-order valence-electron chi connectivity index (χ3n) is 3.14. The van der Waals surface area contributed by atoms with E-state index in [1.54, 1.807) is 0 Å². The van der Waals surface area contributed by atoms with Gasteiger partial charge in [0.15, 0.2) is 0 Å². The Morgan fingerprint density at radius 1 is 1.42 bits per heavy atom. The van der Waals surface area contributed by atoms with Crippen LogP contribution in [0.1, 0.15) is 41.0 Å². The van der Waals surface area contributed by atoms with E-state index in [4.69, 9.17) is 5.73 Å². The minimum absolute atomic E-state index is 0.00231. The minimum atomic E-state index is -0.170. The van der Waals surface area contributed by atoms with Gasteiger partial charge in [0.25, 0.3) is 0 Å². The Morgan fingerprint density at radius 2 is 1.83 bits per heavy atom. The molecule has 0 aliphatic rings. The topological polar surface area (TPSA) is 43.1 Å². The van der Waals surface area contributed by atoms with Crippen molar-refractivity contribution in [2.45, 2.75) is 41.0 Å². The van der Waals surface area contributed by atoms with E-state index in [0.717, 1.165) is 6.42 Å². The van der Waals surface area contributed by atoms with Gasteiger partial charge in [-0.3, -0.25) is 4.79 Å². The van der Waals surface area contributed by atoms with E-state index in [9.17, 15) is 4.79 Å². The molecule has 2 N–H and O–H groups in total. The van der Waals surface area contributed by atoms with Gasteiger partial charge in [-0.1, -0.05) is 34.6 Å². The highest BCUT2D eigenvalue weighted by molar-refractivity contribution is 5.77. The van der Waals surface area contributed by atoms with E-state index >= 15 is 0 Å². The maximum atomic E-state index is 11.1. The molecule has 0 fully saturated rings. The lowest BCUT2D eigenvalue weighted by atomic mass is 9.69. The quantitative estimate of drug-likeness (QED) is 0.692. The zero-order valence-electron chi connectivity index (χ0n) is 8.85. The molecule has 1 unspecified atom stereocenters. The van der Waals surface area contributed by atoms with Gasteiger partial charge in [-0.15, -0.1) is 0 Å². The molecular formula is C10H21NO. The van der Waals surface area contributed by atoms with Crippen molar-refractivity contribution in [3.8, 4) is 0 Å². The lowest BCUT2D eigenvalue weighted by molar-refractivity contribution is -0.126. The molecule has 0 aromatic heterocycles. The van der Waals surface area contributed by atoms with Crippen LogP contribution in [-0.4, -0.2) is 5.91 Å². The SMILES string of the molecule is CCC(C(N)=O)C(C)(C)C(C)C. The molecule has 0 aliphatic heterocycles. The average molecular weight is 171 g/mol. The first kappa shape index (κ1) is 11.5. The normalized spacial score (nSPS) is 14.8. The molecule has 0 aromatic carbocycles. The molecule has 72 valence electrons. The number of hydrogen-bond donors (Lipinski definition) is 1. The molecule has 0 heterocycles. The molecule has 2 heteroatoms. The predicted octanol–water partition coefficient (Wildman–Crippen LogP) is 2.18. The number of rotatable bonds is 4. The van der Waals surface area contributed by atoms with Gasteiger partial charge < -0.3 is 5.73 Å². The Morgan fingerprint density at radius 3 is 1.92 bits per heavy atom. The number of nitrogens with two attached hydrogens (primary N) is 1. The van der Waals surface area contributed by atoms with Gasteiger partial charge in [0.2, 0.25) is 5.91 Å². The Bertz CT molecular complexity index is 161. The monoisotopic (exact) mass is 171 g/mol. The standard InChI is InChI=1S/C10H21NO/c1-6-8(9(11)12)10(4,5)7(2)3/h7-8H,6H2,1-5H3,(H2,11,12). The zero-order valence-corrected chi connectivity index (χ0v) is 8.85. The summed E-state index contributed by atoms with van der Waals surface area (Å²) >= 11 is 0. The molecule has 1 atom stereocenters. The van der Waals surface area contributed by atoms with Crippen molar-refractivity contribution in [2.24, 2.45) is 23.0 Å². The van der Waals surface area contributed by atoms with E-state index in [1.807, 2.05) is 6.92 Å². The van der Waals surface area contributed by atoms with Gasteiger partial charge in [-0.05, 0) is 17.8 Å². The van der Waals surface area contributed by atoms with Crippen LogP contribution in [-0.2, 0) is 4.79 Å². The number of primary amides is 1. The van der Waals surface area contributed by atoms with Crippen molar-refractivity contribution in [3.05, 3.63) is 0 Å². The lowest BCUT2D eigenvalue weighted by Gasteiger charge is -2.35. The van der Waals surface area contributed by atoms with Crippen molar-refractivity contribution in [2.75, 3.05) is 0 Å². The molecule has 1 amide bonds. The fourth-order valence-corrected chi connectivity index (χ4v) is 1.50. The van der Waals surface area contributed by atoms with Crippen LogP contribution >= 0.6 is 0 Å². The highest BCUT2D eigenvalue weighted by atomic mass is 16.1. The summed E-state index contributed by atoms with van der Waals surface area (Å²) in [4.78, 5) is 11.1. The van der Waals surface area contributed by atoms with Crippen molar-refractivity contribution in [1.29, 1.82) is 0 Å². The van der Waals surface area contributed by atoms with Crippen molar-refractivity contribution in [3.63, 3.8) is 0 Å². The molecule has 0 saturated carbocycles. The van der Waals surface area contributed by atoms with Crippen LogP contribution in [0.3, 0.4) is 0 Å². The molecule has 12 heavy (non-hydrogen) atoms. The summed E-state index contributed by atoms with van der Waals surface area (Å²) in [6, 6.07) is 0. The van der Waals surface area contributed by atoms with Crippen LogP contribution in [0, 0.1) is 17.3 Å². The van der Waals surface area contributed by atoms with Gasteiger partial charge in [0, 0.05) is 5.92 Å². The summed E-state index contributed by atoms with van der Waals surface area (Å²) in [5, 5.41) is 0. The largest absolute Gasteiger partial charge is 0.369 e. The Kier molecular flexibility index (Phi) is 3.75. The molecule has 0 radical (unpaired) electrons. The summed E-state index contributed by atoms with van der Waals surface area (Å²) in [7, 11) is 0. The van der Waals surface area contributed by atoms with Crippen LogP contribution in [0.4, 0.5) is 0 Å². The van der Waals surface area contributed by atoms with E-state index in [-0.39, 0.29) is 17.2 Å². The summed E-state index contributed by atoms with van der Waals surface area (Å²) < 4.78 is 0. The fourth-order valence-electron chi connectivity index (χ4n) is 1.50. The van der Waals surface area contributed by atoms with Crippen LogP contribution in [0.15, 0.2) is 0 Å². The maximum absolute atomic E-state index is 11.1. The first-order valence-corrected chi connectivity index (χ1v) is 4.63. The molecule has 0 aromatic rings. The molecule has 2 nitrogen and oxygen atoms in total. The molecule has 0 aliphatic carbocycles. The average Bonchev–Trinajstić information content (AvgIpc) is 1.86. The Labute approximate surface area is 75.5 Å². The third kappa shape index (κ3) is 2.23. The number of amides is 1. The highest BCUT2D eigenvalue weighted by Gasteiger charge is 2.34. The smallest absolute Gasteiger partial charge is 0.221 e. The second kappa shape index (κ2) is 3.92. The molecular weight excluding hydrogens is 150 g/mol. The molecule has 0 bridgehead atoms. The van der Waals surface area contributed by atoms with Crippen LogP contribution in [0.5, 0.6) is 0 Å². The van der Waals surface area contributed by atoms with Crippen molar-refractivity contribution >= 4 is 5.91 Å². The first-order valence-electron chi connectivity index (χ1n) is 4.63. The minimum Gasteiger partial charge on any atom is -0.369 e. The highest BCUT2D eigenvalue weighted by Crippen LogP contribution is 2.36. The zero-order chi connectivity index (χ0) is 9.94. The molecule has 0 rings (SSSR count). The van der Waals surface area contributed by atoms with Gasteiger partial charge >= 0.3 is 0 Å². The summed E-state index contributed by atoms with van der Waals surface area (Å²) in [5.41, 5.74) is 5.35. The Balaban J connectivity index is 4.59. The van der Waals surface area contributed by atoms with Gasteiger partial charge in [-0.25, -0.2) is 0 Å². The lowest BCUT2D eigenvalue weighted by Crippen LogP contribution is -2.38. The van der Waals surface area contributed by atoms with Gasteiger partial charge in [0.05, 0.1) is 0 Å². The second-order valence-corrected chi connectivity index (χ2v) is 4.34. The van der Waals surface area contributed by atoms with E-state index in [0.29, 0.717) is 5.92 Å². The van der Waals surface area contributed by atoms with E-state index in [1.165, 1.54) is 0 Å². The number of hydrogen-bond acceptors (Lipinski definition) is 1. The molecule has 0 saturated heterocycles. The van der Waals surface area contributed by atoms with E-state index < -0.39 is 0 Å². The van der Waals surface area contributed by atoms with Crippen LogP contribution < -0.4 is 5.73 Å². The summed E-state index contributed by atoms with van der Waals surface area (Å²) in [6.45, 7) is 10.5. The first-order chi connectivity index (χ1) is 5.34. The van der Waals surface area contributed by atoms with Crippen molar-refractivity contribution < 1.29 is 4.79 Å². The number of carbonyl (C=O) groups excluding carboxylic acids is 1. The number of carbonyl (C=O) groups is 1. The van der Waals surface area contributed by atoms with Gasteiger partial charge in [-0.2, -0.15) is 0 Å².